The van der Waals surface area contributed by atoms with Gasteiger partial charge in [-0.05, 0) is 73.9 Å². The van der Waals surface area contributed by atoms with E-state index in [1.54, 1.807) is 59.9 Å². The molecule has 2 unspecified atom stereocenters. The van der Waals surface area contributed by atoms with E-state index < -0.39 is 22.5 Å². The predicted molar refractivity (Wildman–Crippen MR) is 159 cm³/mol. The standard InChI is InChI=1S/C28H23N7O4S2/c1-17-9-10-18(2)24(13-17)38-41(37)34-22-12-11-19(3)25(15-22)39-40(36)33-21-8-6-7-20(14-21)27-32-31-26-16-23(29-4)28(30-5)35(26)27/h6-16,31,33-34H,1-3H3. The van der Waals surface area contributed by atoms with Crippen LogP contribution in [-0.2, 0) is 22.5 Å². The highest BCUT2D eigenvalue weighted by Crippen LogP contribution is 2.35. The summed E-state index contributed by atoms with van der Waals surface area (Å²) in [6.45, 7) is 20.4. The third-order valence-corrected chi connectivity index (χ3v) is 7.52. The Morgan fingerprint density at radius 1 is 0.829 bits per heavy atom. The second kappa shape index (κ2) is 11.6. The molecule has 3 aromatic carbocycles. The van der Waals surface area contributed by atoms with Crippen molar-refractivity contribution in [2.75, 3.05) is 9.44 Å². The molecule has 2 atom stereocenters. The Hall–Kier alpha value is -5.11. The lowest BCUT2D eigenvalue weighted by Crippen LogP contribution is -2.13. The van der Waals surface area contributed by atoms with E-state index in [9.17, 15) is 8.42 Å². The van der Waals surface area contributed by atoms with E-state index in [1.165, 1.54) is 0 Å². The fourth-order valence-electron chi connectivity index (χ4n) is 4.00. The van der Waals surface area contributed by atoms with Crippen LogP contribution in [0.1, 0.15) is 16.7 Å². The lowest BCUT2D eigenvalue weighted by Gasteiger charge is -2.13. The van der Waals surface area contributed by atoms with Gasteiger partial charge in [0.25, 0.3) is 0 Å². The summed E-state index contributed by atoms with van der Waals surface area (Å²) in [4.78, 5) is 6.90. The molecule has 2 aromatic heterocycles. The van der Waals surface area contributed by atoms with Crippen molar-refractivity contribution in [3.05, 3.63) is 106 Å². The molecule has 0 saturated carbocycles. The predicted octanol–water partition coefficient (Wildman–Crippen LogP) is 6.50. The average Bonchev–Trinajstić information content (AvgIpc) is 3.51. The number of benzene rings is 3. The summed E-state index contributed by atoms with van der Waals surface area (Å²) >= 11 is -3.86. The quantitative estimate of drug-likeness (QED) is 0.171. The Morgan fingerprint density at radius 3 is 2.17 bits per heavy atom. The molecule has 2 heterocycles. The number of rotatable bonds is 9. The van der Waals surface area contributed by atoms with Crippen LogP contribution in [-0.4, -0.2) is 23.0 Å². The van der Waals surface area contributed by atoms with Gasteiger partial charge in [0.1, 0.15) is 11.5 Å². The SMILES string of the molecule is [C-]#[N+]c1cc2[nH]nc(-c3cccc(NS(=O)Oc4cc(NS(=O)Oc5cc(C)ccc5C)ccc4C)c3)n2c1[N+]#[C-]. The minimum Gasteiger partial charge on any atom is -0.385 e. The van der Waals surface area contributed by atoms with Gasteiger partial charge < -0.3 is 13.2 Å². The third kappa shape index (κ3) is 5.91. The summed E-state index contributed by atoms with van der Waals surface area (Å²) in [5.74, 6) is 1.42. The second-order valence-electron chi connectivity index (χ2n) is 9.01. The van der Waals surface area contributed by atoms with Crippen molar-refractivity contribution in [1.29, 1.82) is 0 Å². The molecular formula is C28H23N7O4S2. The molecule has 0 amide bonds. The molecule has 3 N–H and O–H groups in total. The van der Waals surface area contributed by atoms with Crippen molar-refractivity contribution >= 4 is 51.1 Å². The maximum atomic E-state index is 12.9. The van der Waals surface area contributed by atoms with Crippen molar-refractivity contribution in [2.24, 2.45) is 0 Å². The largest absolute Gasteiger partial charge is 0.385 e. The van der Waals surface area contributed by atoms with Gasteiger partial charge in [-0.25, -0.2) is 14.3 Å². The Bertz CT molecular complexity index is 1920. The smallest absolute Gasteiger partial charge is 0.316 e. The molecule has 0 bridgehead atoms. The van der Waals surface area contributed by atoms with Gasteiger partial charge in [0.2, 0.25) is 17.3 Å². The normalized spacial score (nSPS) is 12.2. The van der Waals surface area contributed by atoms with E-state index in [0.29, 0.717) is 39.9 Å². The second-order valence-corrected chi connectivity index (χ2v) is 10.7. The lowest BCUT2D eigenvalue weighted by molar-refractivity contribution is 0.563. The van der Waals surface area contributed by atoms with E-state index >= 15 is 0 Å². The number of hydrogen-bond acceptors (Lipinski definition) is 5. The first-order valence-corrected chi connectivity index (χ1v) is 14.3. The molecular weight excluding hydrogens is 562 g/mol. The van der Waals surface area contributed by atoms with E-state index in [2.05, 4.69) is 29.3 Å². The number of H-pyrrole nitrogens is 1. The molecule has 0 saturated heterocycles. The summed E-state index contributed by atoms with van der Waals surface area (Å²) in [5, 5.41) is 7.13. The maximum Gasteiger partial charge on any atom is 0.316 e. The van der Waals surface area contributed by atoms with Crippen LogP contribution in [0.15, 0.2) is 66.7 Å². The minimum absolute atomic E-state index is 0.160. The number of hydrogen-bond donors (Lipinski definition) is 3. The van der Waals surface area contributed by atoms with Crippen LogP contribution >= 0.6 is 0 Å². The summed E-state index contributed by atoms with van der Waals surface area (Å²) < 4.78 is 43.9. The van der Waals surface area contributed by atoms with Crippen LogP contribution in [0.4, 0.5) is 22.9 Å². The van der Waals surface area contributed by atoms with Gasteiger partial charge in [-0.3, -0.25) is 9.44 Å². The summed E-state index contributed by atoms with van der Waals surface area (Å²) in [5.41, 5.74) is 4.87. The number of fused-ring (bicyclic) bond motifs is 1. The highest BCUT2D eigenvalue weighted by Gasteiger charge is 2.20. The maximum absolute atomic E-state index is 12.9. The number of nitrogens with one attached hydrogen (secondary N) is 3. The number of aromatic amines is 1. The van der Waals surface area contributed by atoms with Crippen molar-refractivity contribution in [1.82, 2.24) is 14.6 Å². The molecule has 5 rings (SSSR count). The Morgan fingerprint density at radius 2 is 1.49 bits per heavy atom. The van der Waals surface area contributed by atoms with Crippen molar-refractivity contribution in [3.8, 4) is 22.9 Å². The van der Waals surface area contributed by atoms with Crippen LogP contribution < -0.4 is 17.8 Å². The molecule has 41 heavy (non-hydrogen) atoms. The summed E-state index contributed by atoms with van der Waals surface area (Å²) in [6.07, 6.45) is 0. The lowest BCUT2D eigenvalue weighted by atomic mass is 10.1. The molecule has 0 aliphatic rings. The van der Waals surface area contributed by atoms with Crippen molar-refractivity contribution in [3.63, 3.8) is 0 Å². The fourth-order valence-corrected chi connectivity index (χ4v) is 5.40. The van der Waals surface area contributed by atoms with Crippen molar-refractivity contribution < 1.29 is 16.8 Å². The Kier molecular flexibility index (Phi) is 7.74. The molecule has 11 nitrogen and oxygen atoms in total. The molecule has 13 heteroatoms. The first-order chi connectivity index (χ1) is 19.7. The zero-order chi connectivity index (χ0) is 29.1. The van der Waals surface area contributed by atoms with Gasteiger partial charge in [0.05, 0.1) is 17.9 Å². The topological polar surface area (TPSA) is 118 Å². The minimum atomic E-state index is -1.98. The number of aryl methyl sites for hydroxylation is 3. The Labute approximate surface area is 241 Å². The first kappa shape index (κ1) is 27.5. The molecule has 0 aliphatic carbocycles. The van der Waals surface area contributed by atoms with Gasteiger partial charge in [0, 0.05) is 11.6 Å². The highest BCUT2D eigenvalue weighted by atomic mass is 32.2. The summed E-state index contributed by atoms with van der Waals surface area (Å²) in [6, 6.07) is 19.2. The Balaban J connectivity index is 1.29. The highest BCUT2D eigenvalue weighted by molar-refractivity contribution is 7.82. The number of nitrogens with zero attached hydrogens (tertiary/aromatic N) is 4. The molecule has 0 fully saturated rings. The van der Waals surface area contributed by atoms with Crippen LogP contribution in [0.25, 0.3) is 26.7 Å². The monoisotopic (exact) mass is 585 g/mol. The van der Waals surface area contributed by atoms with E-state index in [4.69, 9.17) is 21.5 Å². The van der Waals surface area contributed by atoms with Gasteiger partial charge in [0.15, 0.2) is 5.65 Å². The number of anilines is 2. The van der Waals surface area contributed by atoms with Gasteiger partial charge in [-0.2, -0.15) is 8.42 Å². The van der Waals surface area contributed by atoms with E-state index in [0.717, 1.165) is 16.7 Å². The van der Waals surface area contributed by atoms with E-state index in [-0.39, 0.29) is 11.5 Å². The van der Waals surface area contributed by atoms with Crippen LogP contribution in [0.3, 0.4) is 0 Å². The van der Waals surface area contributed by atoms with Gasteiger partial charge >= 0.3 is 22.5 Å². The van der Waals surface area contributed by atoms with E-state index in [1.807, 2.05) is 32.0 Å². The molecule has 0 aliphatic heterocycles. The first-order valence-electron chi connectivity index (χ1n) is 12.1. The molecule has 206 valence electrons. The van der Waals surface area contributed by atoms with Crippen molar-refractivity contribution in [2.45, 2.75) is 20.8 Å². The third-order valence-electron chi connectivity index (χ3n) is 6.06. The van der Waals surface area contributed by atoms with Gasteiger partial charge in [-0.15, -0.1) is 5.10 Å². The molecule has 0 radical (unpaired) electrons. The summed E-state index contributed by atoms with van der Waals surface area (Å²) in [7, 11) is 0. The fraction of sp³-hybridized carbons (Fsp3) is 0.107. The molecule has 5 aromatic rings. The van der Waals surface area contributed by atoms with Crippen LogP contribution in [0.2, 0.25) is 0 Å². The molecule has 0 spiro atoms. The van der Waals surface area contributed by atoms with Crippen LogP contribution in [0, 0.1) is 33.9 Å². The zero-order valence-corrected chi connectivity index (χ0v) is 23.7. The van der Waals surface area contributed by atoms with Crippen LogP contribution in [0.5, 0.6) is 11.5 Å². The average molecular weight is 586 g/mol. The van der Waals surface area contributed by atoms with Gasteiger partial charge in [-0.1, -0.05) is 30.8 Å². The zero-order valence-electron chi connectivity index (χ0n) is 22.1. The number of aromatic nitrogens is 3.